The molecule has 1 unspecified atom stereocenters. The van der Waals surface area contributed by atoms with E-state index >= 15 is 0 Å². The molecule has 0 aromatic rings. The van der Waals surface area contributed by atoms with Crippen molar-refractivity contribution in [3.05, 3.63) is 0 Å². The minimum atomic E-state index is -4.31. The number of hydrogen-bond donors (Lipinski definition) is 1. The summed E-state index contributed by atoms with van der Waals surface area (Å²) in [6.45, 7) is 2.91. The standard InChI is InChI=1S/C10H17F3N2O/c1-3-5-15-9(2,7-14)4-6-16-8-10(11,12)13/h15H,3-6,8H2,1-2H3. The number of hydrogen-bond acceptors (Lipinski definition) is 3. The van der Waals surface area contributed by atoms with E-state index in [9.17, 15) is 13.2 Å². The Bertz CT molecular complexity index is 237. The first-order valence-corrected chi connectivity index (χ1v) is 5.14. The maximum Gasteiger partial charge on any atom is 0.411 e. The molecule has 6 heteroatoms. The summed E-state index contributed by atoms with van der Waals surface area (Å²) in [6, 6.07) is 2.04. The molecule has 0 aliphatic carbocycles. The van der Waals surface area contributed by atoms with E-state index in [1.807, 2.05) is 13.0 Å². The second-order valence-corrected chi connectivity index (χ2v) is 3.79. The Morgan fingerprint density at radius 3 is 2.44 bits per heavy atom. The number of rotatable bonds is 7. The van der Waals surface area contributed by atoms with Gasteiger partial charge in [0, 0.05) is 13.0 Å². The molecular formula is C10H17F3N2O. The summed E-state index contributed by atoms with van der Waals surface area (Å²) in [5.41, 5.74) is -0.818. The van der Waals surface area contributed by atoms with Crippen molar-refractivity contribution in [2.75, 3.05) is 19.8 Å². The van der Waals surface area contributed by atoms with Gasteiger partial charge in [-0.1, -0.05) is 6.92 Å². The van der Waals surface area contributed by atoms with E-state index in [0.717, 1.165) is 6.42 Å². The van der Waals surface area contributed by atoms with Crippen LogP contribution in [0.1, 0.15) is 26.7 Å². The van der Waals surface area contributed by atoms with Crippen LogP contribution in [-0.4, -0.2) is 31.5 Å². The third-order valence-corrected chi connectivity index (χ3v) is 2.02. The molecule has 1 N–H and O–H groups in total. The topological polar surface area (TPSA) is 45.0 Å². The Hall–Kier alpha value is -0.800. The first-order chi connectivity index (χ1) is 7.33. The van der Waals surface area contributed by atoms with Crippen molar-refractivity contribution in [1.82, 2.24) is 5.32 Å². The van der Waals surface area contributed by atoms with Crippen LogP contribution in [0.3, 0.4) is 0 Å². The lowest BCUT2D eigenvalue weighted by Crippen LogP contribution is -2.42. The highest BCUT2D eigenvalue weighted by atomic mass is 19.4. The van der Waals surface area contributed by atoms with Gasteiger partial charge in [-0.05, 0) is 19.9 Å². The predicted octanol–water partition coefficient (Wildman–Crippen LogP) is 2.24. The summed E-state index contributed by atoms with van der Waals surface area (Å²) in [4.78, 5) is 0. The summed E-state index contributed by atoms with van der Waals surface area (Å²) >= 11 is 0. The van der Waals surface area contributed by atoms with Gasteiger partial charge in [-0.2, -0.15) is 18.4 Å². The fourth-order valence-corrected chi connectivity index (χ4v) is 1.05. The quantitative estimate of drug-likeness (QED) is 0.692. The largest absolute Gasteiger partial charge is 0.411 e. The lowest BCUT2D eigenvalue weighted by Gasteiger charge is -2.23. The van der Waals surface area contributed by atoms with E-state index in [-0.39, 0.29) is 13.0 Å². The van der Waals surface area contributed by atoms with Crippen LogP contribution in [0.2, 0.25) is 0 Å². The van der Waals surface area contributed by atoms with Crippen LogP contribution in [0.4, 0.5) is 13.2 Å². The number of nitrogens with one attached hydrogen (secondary N) is 1. The van der Waals surface area contributed by atoms with Gasteiger partial charge >= 0.3 is 6.18 Å². The highest BCUT2D eigenvalue weighted by Gasteiger charge is 2.28. The summed E-state index contributed by atoms with van der Waals surface area (Å²) in [5, 5.41) is 11.9. The number of ether oxygens (including phenoxy) is 1. The van der Waals surface area contributed by atoms with Crippen LogP contribution in [0.5, 0.6) is 0 Å². The second-order valence-electron chi connectivity index (χ2n) is 3.79. The second kappa shape index (κ2) is 6.71. The zero-order valence-corrected chi connectivity index (χ0v) is 9.52. The van der Waals surface area contributed by atoms with Crippen LogP contribution >= 0.6 is 0 Å². The number of nitrogens with zero attached hydrogens (tertiary/aromatic N) is 1. The van der Waals surface area contributed by atoms with Crippen molar-refractivity contribution < 1.29 is 17.9 Å². The Morgan fingerprint density at radius 1 is 1.38 bits per heavy atom. The zero-order valence-electron chi connectivity index (χ0n) is 9.52. The molecule has 94 valence electrons. The molecule has 0 heterocycles. The van der Waals surface area contributed by atoms with Crippen molar-refractivity contribution in [2.45, 2.75) is 38.4 Å². The average molecular weight is 238 g/mol. The van der Waals surface area contributed by atoms with Gasteiger partial charge in [0.2, 0.25) is 0 Å². The summed E-state index contributed by atoms with van der Waals surface area (Å²) in [7, 11) is 0. The van der Waals surface area contributed by atoms with Gasteiger partial charge in [0.1, 0.15) is 12.1 Å². The smallest absolute Gasteiger partial charge is 0.372 e. The van der Waals surface area contributed by atoms with Crippen molar-refractivity contribution in [2.24, 2.45) is 0 Å². The monoisotopic (exact) mass is 238 g/mol. The molecule has 0 rings (SSSR count). The highest BCUT2D eigenvalue weighted by molar-refractivity contribution is 5.03. The molecule has 0 fully saturated rings. The third-order valence-electron chi connectivity index (χ3n) is 2.02. The van der Waals surface area contributed by atoms with Crippen LogP contribution < -0.4 is 5.32 Å². The Balaban J connectivity index is 3.84. The van der Waals surface area contributed by atoms with Gasteiger partial charge in [-0.3, -0.25) is 5.32 Å². The van der Waals surface area contributed by atoms with Gasteiger partial charge in [0.15, 0.2) is 0 Å². The Kier molecular flexibility index (Phi) is 6.38. The molecule has 0 saturated heterocycles. The molecule has 0 spiro atoms. The Labute approximate surface area is 93.6 Å². The normalized spacial score (nSPS) is 15.5. The van der Waals surface area contributed by atoms with Gasteiger partial charge in [-0.15, -0.1) is 0 Å². The number of alkyl halides is 3. The van der Waals surface area contributed by atoms with Crippen molar-refractivity contribution >= 4 is 0 Å². The van der Waals surface area contributed by atoms with Crippen molar-refractivity contribution in [3.8, 4) is 6.07 Å². The van der Waals surface area contributed by atoms with E-state index < -0.39 is 18.3 Å². The minimum absolute atomic E-state index is 0.0831. The van der Waals surface area contributed by atoms with Gasteiger partial charge in [-0.25, -0.2) is 0 Å². The van der Waals surface area contributed by atoms with Gasteiger partial charge in [0.25, 0.3) is 0 Å². The third kappa shape index (κ3) is 7.49. The van der Waals surface area contributed by atoms with Crippen LogP contribution in [0.15, 0.2) is 0 Å². The summed E-state index contributed by atoms with van der Waals surface area (Å²) in [6.07, 6.45) is -3.21. The molecule has 0 radical (unpaired) electrons. The van der Waals surface area contributed by atoms with Gasteiger partial charge < -0.3 is 4.74 Å². The summed E-state index contributed by atoms with van der Waals surface area (Å²) in [5.74, 6) is 0. The lowest BCUT2D eigenvalue weighted by molar-refractivity contribution is -0.174. The Morgan fingerprint density at radius 2 is 2.00 bits per heavy atom. The molecular weight excluding hydrogens is 221 g/mol. The van der Waals surface area contributed by atoms with Crippen molar-refractivity contribution in [1.29, 1.82) is 5.26 Å². The molecule has 0 saturated carbocycles. The molecule has 0 aromatic heterocycles. The van der Waals surface area contributed by atoms with Crippen molar-refractivity contribution in [3.63, 3.8) is 0 Å². The minimum Gasteiger partial charge on any atom is -0.372 e. The van der Waals surface area contributed by atoms with Crippen LogP contribution in [0.25, 0.3) is 0 Å². The van der Waals surface area contributed by atoms with E-state index in [1.54, 1.807) is 6.92 Å². The van der Waals surface area contributed by atoms with Gasteiger partial charge in [0.05, 0.1) is 6.07 Å². The maximum absolute atomic E-state index is 11.8. The first kappa shape index (κ1) is 15.2. The molecule has 16 heavy (non-hydrogen) atoms. The molecule has 0 aliphatic rings. The zero-order chi connectivity index (χ0) is 12.7. The lowest BCUT2D eigenvalue weighted by atomic mass is 10.0. The van der Waals surface area contributed by atoms with E-state index in [4.69, 9.17) is 5.26 Å². The number of halogens is 3. The predicted molar refractivity (Wildman–Crippen MR) is 53.8 cm³/mol. The maximum atomic E-state index is 11.8. The summed E-state index contributed by atoms with van der Waals surface area (Å²) < 4.78 is 39.7. The van der Waals surface area contributed by atoms with E-state index in [0.29, 0.717) is 6.54 Å². The molecule has 0 aromatic carbocycles. The highest BCUT2D eigenvalue weighted by Crippen LogP contribution is 2.15. The SMILES string of the molecule is CCCNC(C)(C#N)CCOCC(F)(F)F. The molecule has 3 nitrogen and oxygen atoms in total. The van der Waals surface area contributed by atoms with E-state index in [1.165, 1.54) is 0 Å². The molecule has 1 atom stereocenters. The van der Waals surface area contributed by atoms with Crippen LogP contribution in [-0.2, 0) is 4.74 Å². The average Bonchev–Trinajstić information content (AvgIpc) is 2.20. The molecule has 0 bridgehead atoms. The first-order valence-electron chi connectivity index (χ1n) is 5.14. The number of nitriles is 1. The molecule has 0 aliphatic heterocycles. The van der Waals surface area contributed by atoms with E-state index in [2.05, 4.69) is 10.1 Å². The fourth-order valence-electron chi connectivity index (χ4n) is 1.05. The van der Waals surface area contributed by atoms with Crippen LogP contribution in [0, 0.1) is 11.3 Å². The fraction of sp³-hybridized carbons (Fsp3) is 0.900. The molecule has 0 amide bonds.